The van der Waals surface area contributed by atoms with Crippen molar-refractivity contribution in [3.05, 3.63) is 21.9 Å². The fourth-order valence-corrected chi connectivity index (χ4v) is 2.41. The minimum absolute atomic E-state index is 0.0630. The Bertz CT molecular complexity index is 376. The highest BCUT2D eigenvalue weighted by Gasteiger charge is 2.20. The topological polar surface area (TPSA) is 46.5 Å². The smallest absolute Gasteiger partial charge is 0.348 e. The summed E-state index contributed by atoms with van der Waals surface area (Å²) in [5.74, 6) is -0.313. The third-order valence-corrected chi connectivity index (χ3v) is 3.40. The molecule has 96 valence electrons. The Kier molecular flexibility index (Phi) is 4.71. The maximum absolute atomic E-state index is 11.5. The van der Waals surface area contributed by atoms with Gasteiger partial charge < -0.3 is 9.84 Å². The van der Waals surface area contributed by atoms with Crippen LogP contribution in [0.25, 0.3) is 0 Å². The van der Waals surface area contributed by atoms with Crippen LogP contribution in [-0.4, -0.2) is 17.7 Å². The fourth-order valence-electron chi connectivity index (χ4n) is 1.52. The maximum atomic E-state index is 11.5. The van der Waals surface area contributed by atoms with Crippen molar-refractivity contribution in [3.63, 3.8) is 0 Å². The summed E-state index contributed by atoms with van der Waals surface area (Å²) in [7, 11) is 0. The number of aliphatic hydroxyl groups excluding tert-OH is 1. The summed E-state index contributed by atoms with van der Waals surface area (Å²) in [4.78, 5) is 12.8. The van der Waals surface area contributed by atoms with Gasteiger partial charge in [0.25, 0.3) is 0 Å². The van der Waals surface area contributed by atoms with Crippen LogP contribution in [-0.2, 0) is 4.74 Å². The molecule has 1 atom stereocenters. The zero-order valence-electron chi connectivity index (χ0n) is 10.8. The minimum atomic E-state index is -0.511. The molecule has 0 saturated carbocycles. The molecule has 0 bridgehead atoms. The number of hydrogen-bond acceptors (Lipinski definition) is 4. The first kappa shape index (κ1) is 14.2. The zero-order chi connectivity index (χ0) is 13.1. The number of carbonyl (C=O) groups excluding carboxylic acids is 1. The zero-order valence-corrected chi connectivity index (χ0v) is 11.6. The Labute approximate surface area is 106 Å². The van der Waals surface area contributed by atoms with E-state index in [1.165, 1.54) is 11.3 Å². The first-order chi connectivity index (χ1) is 7.83. The van der Waals surface area contributed by atoms with E-state index in [0.717, 1.165) is 4.88 Å². The third kappa shape index (κ3) is 4.48. The van der Waals surface area contributed by atoms with Crippen molar-refractivity contribution in [1.29, 1.82) is 0 Å². The Morgan fingerprint density at radius 1 is 1.47 bits per heavy atom. The highest BCUT2D eigenvalue weighted by molar-refractivity contribution is 7.14. The van der Waals surface area contributed by atoms with Crippen LogP contribution < -0.4 is 0 Å². The molecular weight excluding hydrogens is 236 g/mol. The van der Waals surface area contributed by atoms with Gasteiger partial charge in [-0.2, -0.15) is 0 Å². The van der Waals surface area contributed by atoms with E-state index in [1.807, 2.05) is 0 Å². The molecule has 1 heterocycles. The van der Waals surface area contributed by atoms with E-state index in [4.69, 9.17) is 4.74 Å². The van der Waals surface area contributed by atoms with Gasteiger partial charge in [0.1, 0.15) is 4.88 Å². The lowest BCUT2D eigenvalue weighted by Gasteiger charge is -2.21. The molecule has 0 aromatic carbocycles. The lowest BCUT2D eigenvalue weighted by molar-refractivity contribution is 0.0532. The minimum Gasteiger partial charge on any atom is -0.462 e. The molecule has 1 unspecified atom stereocenters. The molecule has 0 aliphatic rings. The SMILES string of the molecule is CCOC(=O)c1ccc(C(O)CC(C)(C)C)s1. The second-order valence-corrected chi connectivity index (χ2v) is 6.32. The Hall–Kier alpha value is -0.870. The second-order valence-electron chi connectivity index (χ2n) is 5.20. The van der Waals surface area contributed by atoms with Crippen LogP contribution in [0.3, 0.4) is 0 Å². The van der Waals surface area contributed by atoms with Crippen LogP contribution in [0.1, 0.15) is 54.8 Å². The van der Waals surface area contributed by atoms with Crippen LogP contribution >= 0.6 is 11.3 Å². The highest BCUT2D eigenvalue weighted by atomic mass is 32.1. The first-order valence-corrected chi connectivity index (χ1v) is 6.60. The molecule has 1 aromatic heterocycles. The number of hydrogen-bond donors (Lipinski definition) is 1. The van der Waals surface area contributed by atoms with Crippen LogP contribution in [0.4, 0.5) is 0 Å². The first-order valence-electron chi connectivity index (χ1n) is 5.78. The van der Waals surface area contributed by atoms with E-state index in [2.05, 4.69) is 20.8 Å². The van der Waals surface area contributed by atoms with Crippen molar-refractivity contribution >= 4 is 17.3 Å². The number of ether oxygens (including phenoxy) is 1. The van der Waals surface area contributed by atoms with Crippen molar-refractivity contribution in [2.45, 2.75) is 40.2 Å². The largest absolute Gasteiger partial charge is 0.462 e. The molecule has 3 nitrogen and oxygen atoms in total. The van der Waals surface area contributed by atoms with Gasteiger partial charge in [0, 0.05) is 4.88 Å². The van der Waals surface area contributed by atoms with E-state index in [1.54, 1.807) is 19.1 Å². The number of aliphatic hydroxyl groups is 1. The molecule has 0 saturated heterocycles. The van der Waals surface area contributed by atoms with E-state index < -0.39 is 6.10 Å². The quantitative estimate of drug-likeness (QED) is 0.840. The predicted molar refractivity (Wildman–Crippen MR) is 69.3 cm³/mol. The Morgan fingerprint density at radius 3 is 2.65 bits per heavy atom. The number of esters is 1. The third-order valence-electron chi connectivity index (χ3n) is 2.24. The Morgan fingerprint density at radius 2 is 2.12 bits per heavy atom. The molecule has 17 heavy (non-hydrogen) atoms. The number of thiophene rings is 1. The van der Waals surface area contributed by atoms with Gasteiger partial charge in [-0.05, 0) is 30.9 Å². The van der Waals surface area contributed by atoms with Gasteiger partial charge >= 0.3 is 5.97 Å². The molecule has 0 spiro atoms. The van der Waals surface area contributed by atoms with E-state index >= 15 is 0 Å². The summed E-state index contributed by atoms with van der Waals surface area (Å²) < 4.78 is 4.91. The summed E-state index contributed by atoms with van der Waals surface area (Å²) in [5, 5.41) is 10.0. The maximum Gasteiger partial charge on any atom is 0.348 e. The summed E-state index contributed by atoms with van der Waals surface area (Å²) >= 11 is 1.31. The average Bonchev–Trinajstić information content (AvgIpc) is 2.63. The van der Waals surface area contributed by atoms with Gasteiger partial charge in [0.2, 0.25) is 0 Å². The van der Waals surface area contributed by atoms with E-state index in [-0.39, 0.29) is 11.4 Å². The van der Waals surface area contributed by atoms with Gasteiger partial charge in [0.15, 0.2) is 0 Å². The predicted octanol–water partition coefficient (Wildman–Crippen LogP) is 3.39. The van der Waals surface area contributed by atoms with Crippen molar-refractivity contribution in [2.24, 2.45) is 5.41 Å². The van der Waals surface area contributed by atoms with Gasteiger partial charge in [0.05, 0.1) is 12.7 Å². The standard InChI is InChI=1S/C13H20O3S/c1-5-16-12(15)11-7-6-10(17-11)9(14)8-13(2,3)4/h6-7,9,14H,5,8H2,1-4H3. The molecular formula is C13H20O3S. The van der Waals surface area contributed by atoms with Crippen molar-refractivity contribution in [3.8, 4) is 0 Å². The van der Waals surface area contributed by atoms with Gasteiger partial charge in [-0.25, -0.2) is 4.79 Å². The average molecular weight is 256 g/mol. The summed E-state index contributed by atoms with van der Waals surface area (Å²) in [6.45, 7) is 8.39. The lowest BCUT2D eigenvalue weighted by Crippen LogP contribution is -2.10. The normalized spacial score (nSPS) is 13.5. The molecule has 1 aromatic rings. The molecule has 0 aliphatic carbocycles. The molecule has 0 fully saturated rings. The highest BCUT2D eigenvalue weighted by Crippen LogP contribution is 2.32. The van der Waals surface area contributed by atoms with E-state index in [0.29, 0.717) is 17.9 Å². The summed E-state index contributed by atoms with van der Waals surface area (Å²) in [5.41, 5.74) is 0.0630. The molecule has 0 amide bonds. The van der Waals surface area contributed by atoms with Crippen LogP contribution in [0, 0.1) is 5.41 Å². The van der Waals surface area contributed by atoms with Crippen LogP contribution in [0.5, 0.6) is 0 Å². The monoisotopic (exact) mass is 256 g/mol. The van der Waals surface area contributed by atoms with Crippen molar-refractivity contribution in [2.75, 3.05) is 6.61 Å². The van der Waals surface area contributed by atoms with Crippen molar-refractivity contribution < 1.29 is 14.6 Å². The van der Waals surface area contributed by atoms with Crippen molar-refractivity contribution in [1.82, 2.24) is 0 Å². The molecule has 0 aliphatic heterocycles. The second kappa shape index (κ2) is 5.65. The summed E-state index contributed by atoms with van der Waals surface area (Å²) in [6.07, 6.45) is 0.165. The molecule has 4 heteroatoms. The molecule has 0 radical (unpaired) electrons. The summed E-state index contributed by atoms with van der Waals surface area (Å²) in [6, 6.07) is 3.51. The van der Waals surface area contributed by atoms with Crippen LogP contribution in [0.15, 0.2) is 12.1 Å². The molecule has 1 rings (SSSR count). The van der Waals surface area contributed by atoms with Crippen LogP contribution in [0.2, 0.25) is 0 Å². The Balaban J connectivity index is 2.71. The van der Waals surface area contributed by atoms with Gasteiger partial charge in [-0.3, -0.25) is 0 Å². The van der Waals surface area contributed by atoms with Gasteiger partial charge in [-0.15, -0.1) is 11.3 Å². The fraction of sp³-hybridized carbons (Fsp3) is 0.615. The number of rotatable bonds is 4. The molecule has 1 N–H and O–H groups in total. The van der Waals surface area contributed by atoms with Gasteiger partial charge in [-0.1, -0.05) is 20.8 Å². The number of carbonyl (C=O) groups is 1. The van der Waals surface area contributed by atoms with E-state index in [9.17, 15) is 9.90 Å². The lowest BCUT2D eigenvalue weighted by atomic mass is 9.89.